The predicted molar refractivity (Wildman–Crippen MR) is 105 cm³/mol. The Labute approximate surface area is 168 Å². The van der Waals surface area contributed by atoms with Crippen molar-refractivity contribution < 1.29 is 33.3 Å². The Morgan fingerprint density at radius 2 is 1.93 bits per heavy atom. The smallest absolute Gasteiger partial charge is 0.331 e. The molecule has 152 valence electrons. The average molecular weight is 399 g/mol. The van der Waals surface area contributed by atoms with Gasteiger partial charge in [-0.1, -0.05) is 6.07 Å². The monoisotopic (exact) mass is 399 g/mol. The van der Waals surface area contributed by atoms with E-state index >= 15 is 0 Å². The fourth-order valence-electron chi connectivity index (χ4n) is 2.59. The van der Waals surface area contributed by atoms with Crippen molar-refractivity contribution in [3.05, 3.63) is 48.0 Å². The molecule has 1 aliphatic rings. The fourth-order valence-corrected chi connectivity index (χ4v) is 2.59. The van der Waals surface area contributed by atoms with Crippen molar-refractivity contribution in [2.24, 2.45) is 0 Å². The molecule has 1 N–H and O–H groups in total. The van der Waals surface area contributed by atoms with Crippen molar-refractivity contribution in [2.75, 3.05) is 32.4 Å². The second-order valence-electron chi connectivity index (χ2n) is 5.90. The predicted octanol–water partition coefficient (Wildman–Crippen LogP) is 3.02. The van der Waals surface area contributed by atoms with Crippen LogP contribution in [0.2, 0.25) is 0 Å². The number of esters is 1. The minimum Gasteiger partial charge on any atom is -0.493 e. The molecule has 0 aromatic heterocycles. The summed E-state index contributed by atoms with van der Waals surface area (Å²) in [5.41, 5.74) is 1.25. The first-order valence-electron chi connectivity index (χ1n) is 8.94. The third kappa shape index (κ3) is 5.41. The Morgan fingerprint density at radius 3 is 2.72 bits per heavy atom. The zero-order valence-electron chi connectivity index (χ0n) is 16.1. The molecule has 0 bridgehead atoms. The minimum absolute atomic E-state index is 0.150. The van der Waals surface area contributed by atoms with Gasteiger partial charge in [0.15, 0.2) is 29.6 Å². The lowest BCUT2D eigenvalue weighted by molar-refractivity contribution is -0.142. The van der Waals surface area contributed by atoms with Gasteiger partial charge in [0.1, 0.15) is 0 Å². The van der Waals surface area contributed by atoms with E-state index in [2.05, 4.69) is 5.32 Å². The lowest BCUT2D eigenvalue weighted by Crippen LogP contribution is -2.20. The molecule has 2 aromatic carbocycles. The Balaban J connectivity index is 1.50. The molecule has 0 aliphatic carbocycles. The molecule has 1 heterocycles. The molecule has 0 saturated heterocycles. The number of hydrogen-bond acceptors (Lipinski definition) is 7. The Bertz CT molecular complexity index is 923. The lowest BCUT2D eigenvalue weighted by atomic mass is 10.2. The molecule has 0 fully saturated rings. The number of carbonyl (C=O) groups excluding carboxylic acids is 2. The number of rotatable bonds is 8. The van der Waals surface area contributed by atoms with E-state index in [1.807, 2.05) is 6.92 Å². The number of fused-ring (bicyclic) bond motifs is 1. The molecule has 0 spiro atoms. The summed E-state index contributed by atoms with van der Waals surface area (Å²) in [6.45, 7) is 2.10. The van der Waals surface area contributed by atoms with E-state index < -0.39 is 18.5 Å². The van der Waals surface area contributed by atoms with E-state index in [0.29, 0.717) is 35.3 Å². The molecular weight excluding hydrogens is 378 g/mol. The molecule has 8 nitrogen and oxygen atoms in total. The third-order valence-electron chi connectivity index (χ3n) is 3.90. The highest BCUT2D eigenvalue weighted by molar-refractivity contribution is 5.94. The maximum atomic E-state index is 12.0. The van der Waals surface area contributed by atoms with Crippen LogP contribution in [0.15, 0.2) is 42.5 Å². The highest BCUT2D eigenvalue weighted by Gasteiger charge is 2.14. The van der Waals surface area contributed by atoms with Gasteiger partial charge in [0.25, 0.3) is 5.91 Å². The van der Waals surface area contributed by atoms with Crippen LogP contribution >= 0.6 is 0 Å². The van der Waals surface area contributed by atoms with Crippen molar-refractivity contribution in [2.45, 2.75) is 6.92 Å². The van der Waals surface area contributed by atoms with Gasteiger partial charge < -0.3 is 29.0 Å². The van der Waals surface area contributed by atoms with Crippen LogP contribution in [0.5, 0.6) is 23.0 Å². The van der Waals surface area contributed by atoms with E-state index in [9.17, 15) is 9.59 Å². The summed E-state index contributed by atoms with van der Waals surface area (Å²) in [4.78, 5) is 23.8. The molecule has 8 heteroatoms. The van der Waals surface area contributed by atoms with Crippen molar-refractivity contribution in [3.63, 3.8) is 0 Å². The van der Waals surface area contributed by atoms with Crippen molar-refractivity contribution in [1.29, 1.82) is 0 Å². The van der Waals surface area contributed by atoms with E-state index in [4.69, 9.17) is 23.7 Å². The molecule has 3 rings (SSSR count). The van der Waals surface area contributed by atoms with Crippen LogP contribution in [-0.2, 0) is 14.3 Å². The fraction of sp³-hybridized carbons (Fsp3) is 0.238. The van der Waals surface area contributed by atoms with Crippen LogP contribution in [0.25, 0.3) is 6.08 Å². The number of hydrogen-bond donors (Lipinski definition) is 1. The zero-order valence-corrected chi connectivity index (χ0v) is 16.1. The quantitative estimate of drug-likeness (QED) is 0.539. The largest absolute Gasteiger partial charge is 0.493 e. The lowest BCUT2D eigenvalue weighted by Gasteiger charge is -2.09. The molecule has 0 atom stereocenters. The van der Waals surface area contributed by atoms with E-state index in [1.165, 1.54) is 6.08 Å². The van der Waals surface area contributed by atoms with Gasteiger partial charge in [0.05, 0.1) is 13.7 Å². The van der Waals surface area contributed by atoms with Crippen LogP contribution < -0.4 is 24.3 Å². The number of nitrogens with one attached hydrogen (secondary N) is 1. The summed E-state index contributed by atoms with van der Waals surface area (Å²) in [6.07, 6.45) is 2.81. The van der Waals surface area contributed by atoms with Crippen LogP contribution in [0, 0.1) is 0 Å². The highest BCUT2D eigenvalue weighted by atomic mass is 16.7. The Hall–Kier alpha value is -3.68. The number of anilines is 1. The van der Waals surface area contributed by atoms with Gasteiger partial charge in [-0.3, -0.25) is 4.79 Å². The van der Waals surface area contributed by atoms with Gasteiger partial charge >= 0.3 is 5.97 Å². The Kier molecular flexibility index (Phi) is 6.57. The second kappa shape index (κ2) is 9.50. The van der Waals surface area contributed by atoms with Gasteiger partial charge in [-0.15, -0.1) is 0 Å². The minimum atomic E-state index is -0.639. The molecule has 2 aromatic rings. The van der Waals surface area contributed by atoms with E-state index in [1.54, 1.807) is 49.6 Å². The van der Waals surface area contributed by atoms with Crippen molar-refractivity contribution in [3.8, 4) is 23.0 Å². The summed E-state index contributed by atoms with van der Waals surface area (Å²) in [5.74, 6) is 1.24. The molecule has 0 radical (unpaired) electrons. The summed E-state index contributed by atoms with van der Waals surface area (Å²) in [6, 6.07) is 10.3. The summed E-state index contributed by atoms with van der Waals surface area (Å²) < 4.78 is 26.1. The van der Waals surface area contributed by atoms with Gasteiger partial charge in [0.2, 0.25) is 6.79 Å². The van der Waals surface area contributed by atoms with Crippen LogP contribution in [0.4, 0.5) is 5.69 Å². The molecule has 29 heavy (non-hydrogen) atoms. The summed E-state index contributed by atoms with van der Waals surface area (Å²) in [7, 11) is 1.55. The van der Waals surface area contributed by atoms with Crippen LogP contribution in [-0.4, -0.2) is 39.0 Å². The van der Waals surface area contributed by atoms with E-state index in [-0.39, 0.29) is 6.79 Å². The first kappa shape index (κ1) is 20.1. The highest BCUT2D eigenvalue weighted by Crippen LogP contribution is 2.34. The Morgan fingerprint density at radius 1 is 1.10 bits per heavy atom. The average Bonchev–Trinajstić information content (AvgIpc) is 3.19. The van der Waals surface area contributed by atoms with E-state index in [0.717, 1.165) is 5.56 Å². The van der Waals surface area contributed by atoms with Crippen molar-refractivity contribution in [1.82, 2.24) is 0 Å². The molecule has 0 unspecified atom stereocenters. The summed E-state index contributed by atoms with van der Waals surface area (Å²) >= 11 is 0. The maximum absolute atomic E-state index is 12.0. The number of benzene rings is 2. The summed E-state index contributed by atoms with van der Waals surface area (Å²) in [5, 5.41) is 2.63. The zero-order chi connectivity index (χ0) is 20.6. The molecule has 1 amide bonds. The van der Waals surface area contributed by atoms with Gasteiger partial charge in [-0.05, 0) is 42.8 Å². The van der Waals surface area contributed by atoms with Gasteiger partial charge in [-0.25, -0.2) is 4.79 Å². The first-order chi connectivity index (χ1) is 14.1. The van der Waals surface area contributed by atoms with Gasteiger partial charge in [0, 0.05) is 17.8 Å². The maximum Gasteiger partial charge on any atom is 0.331 e. The topological polar surface area (TPSA) is 92.3 Å². The van der Waals surface area contributed by atoms with Gasteiger partial charge in [-0.2, -0.15) is 0 Å². The standard InChI is InChI=1S/C21H21NO7/c1-3-26-18-10-14(4-7-16(18)25-2)5-9-21(24)27-12-20(23)22-15-6-8-17-19(11-15)29-13-28-17/h4-11H,3,12-13H2,1-2H3,(H,22,23)/b9-5+. The number of ether oxygens (including phenoxy) is 5. The number of amides is 1. The normalized spacial score (nSPS) is 11.9. The molecular formula is C21H21NO7. The SMILES string of the molecule is CCOc1cc(/C=C/C(=O)OCC(=O)Nc2ccc3c(c2)OCO3)ccc1OC. The van der Waals surface area contributed by atoms with Crippen LogP contribution in [0.1, 0.15) is 12.5 Å². The third-order valence-corrected chi connectivity index (χ3v) is 3.90. The number of carbonyl (C=O) groups is 2. The number of methoxy groups -OCH3 is 1. The first-order valence-corrected chi connectivity index (χ1v) is 8.94. The van der Waals surface area contributed by atoms with Crippen LogP contribution in [0.3, 0.4) is 0 Å². The molecule has 1 aliphatic heterocycles. The molecule has 0 saturated carbocycles. The second-order valence-corrected chi connectivity index (χ2v) is 5.90. The van der Waals surface area contributed by atoms with Crippen molar-refractivity contribution >= 4 is 23.6 Å².